The van der Waals surface area contributed by atoms with Crippen LogP contribution in [0.15, 0.2) is 59.4 Å². The Balaban J connectivity index is 1.56. The van der Waals surface area contributed by atoms with Crippen molar-refractivity contribution in [2.45, 2.75) is 6.92 Å². The fraction of sp³-hybridized carbons (Fsp3) is 0.227. The smallest absolute Gasteiger partial charge is 0.279 e. The first-order valence-corrected chi connectivity index (χ1v) is 9.93. The molecule has 0 bridgehead atoms. The average Bonchev–Trinajstić information content (AvgIpc) is 3.21. The quantitative estimate of drug-likeness (QED) is 0.546. The normalized spacial score (nSPS) is 14.2. The first-order chi connectivity index (χ1) is 14.7. The topological polar surface area (TPSA) is 88.1 Å². The van der Waals surface area contributed by atoms with E-state index < -0.39 is 0 Å². The maximum absolute atomic E-state index is 13.1. The molecule has 2 N–H and O–H groups in total. The average molecular weight is 402 g/mol. The van der Waals surface area contributed by atoms with Gasteiger partial charge in [0.1, 0.15) is 0 Å². The van der Waals surface area contributed by atoms with Gasteiger partial charge in [0.15, 0.2) is 11.6 Å². The zero-order valence-corrected chi connectivity index (χ0v) is 16.6. The monoisotopic (exact) mass is 402 g/mol. The van der Waals surface area contributed by atoms with Gasteiger partial charge in [-0.05, 0) is 37.3 Å². The number of H-pyrrole nitrogens is 1. The number of ether oxygens (including phenoxy) is 1. The Hall–Kier alpha value is -3.65. The molecule has 0 atom stereocenters. The lowest BCUT2D eigenvalue weighted by molar-refractivity contribution is 0.122. The van der Waals surface area contributed by atoms with E-state index in [0.29, 0.717) is 22.7 Å². The summed E-state index contributed by atoms with van der Waals surface area (Å²) in [7, 11) is 0. The van der Waals surface area contributed by atoms with Crippen molar-refractivity contribution in [2.75, 3.05) is 36.5 Å². The van der Waals surface area contributed by atoms with Crippen molar-refractivity contribution in [3.8, 4) is 5.69 Å². The number of hydrogen-bond donors (Lipinski definition) is 2. The molecule has 2 aromatic heterocycles. The van der Waals surface area contributed by atoms with Crippen LogP contribution in [0.4, 0.5) is 17.3 Å². The molecule has 8 nitrogen and oxygen atoms in total. The fourth-order valence-electron chi connectivity index (χ4n) is 3.69. The van der Waals surface area contributed by atoms with Gasteiger partial charge >= 0.3 is 0 Å². The number of aryl methyl sites for hydroxylation is 1. The van der Waals surface area contributed by atoms with Crippen molar-refractivity contribution in [2.24, 2.45) is 0 Å². The van der Waals surface area contributed by atoms with Gasteiger partial charge in [0.25, 0.3) is 5.56 Å². The molecule has 1 fully saturated rings. The summed E-state index contributed by atoms with van der Waals surface area (Å²) >= 11 is 0. The van der Waals surface area contributed by atoms with Gasteiger partial charge < -0.3 is 15.0 Å². The van der Waals surface area contributed by atoms with E-state index in [1.54, 1.807) is 0 Å². The molecule has 0 aliphatic carbocycles. The second kappa shape index (κ2) is 7.64. The number of nitrogens with zero attached hydrogens (tertiary/aromatic N) is 4. The molecule has 5 rings (SSSR count). The standard InChI is InChI=1S/C22H22N6O2/c1-15-14-20(25-24-15)23-21-18-4-2-3-5-19(18)22(29)28(26-21)17-8-6-16(7-9-17)27-10-12-30-13-11-27/h2-9,14H,10-13H2,1H3,(H2,23,24,25,26). The van der Waals surface area contributed by atoms with E-state index in [2.05, 4.69) is 25.5 Å². The molecule has 8 heteroatoms. The second-order valence-corrected chi connectivity index (χ2v) is 7.29. The third-order valence-electron chi connectivity index (χ3n) is 5.23. The highest BCUT2D eigenvalue weighted by molar-refractivity contribution is 5.92. The number of hydrogen-bond acceptors (Lipinski definition) is 6. The second-order valence-electron chi connectivity index (χ2n) is 7.29. The Morgan fingerprint density at radius 1 is 1.00 bits per heavy atom. The molecular weight excluding hydrogens is 380 g/mol. The molecule has 30 heavy (non-hydrogen) atoms. The molecule has 4 aromatic rings. The summed E-state index contributed by atoms with van der Waals surface area (Å²) in [5, 5.41) is 16.3. The lowest BCUT2D eigenvalue weighted by Crippen LogP contribution is -2.36. The molecule has 0 amide bonds. The number of benzene rings is 2. The summed E-state index contributed by atoms with van der Waals surface area (Å²) < 4.78 is 6.86. The van der Waals surface area contributed by atoms with E-state index in [-0.39, 0.29) is 5.56 Å². The van der Waals surface area contributed by atoms with Gasteiger partial charge in [-0.15, -0.1) is 5.10 Å². The molecular formula is C22H22N6O2. The molecule has 152 valence electrons. The molecule has 3 heterocycles. The van der Waals surface area contributed by atoms with Gasteiger partial charge in [-0.25, -0.2) is 0 Å². The van der Waals surface area contributed by atoms with E-state index >= 15 is 0 Å². The number of aromatic amines is 1. The largest absolute Gasteiger partial charge is 0.378 e. The van der Waals surface area contributed by atoms with E-state index in [1.807, 2.05) is 61.5 Å². The number of anilines is 3. The van der Waals surface area contributed by atoms with E-state index in [0.717, 1.165) is 43.1 Å². The summed E-state index contributed by atoms with van der Waals surface area (Å²) in [6.45, 7) is 5.13. The third kappa shape index (κ3) is 3.42. The highest BCUT2D eigenvalue weighted by Gasteiger charge is 2.14. The number of fused-ring (bicyclic) bond motifs is 1. The minimum Gasteiger partial charge on any atom is -0.378 e. The van der Waals surface area contributed by atoms with E-state index in [1.165, 1.54) is 4.68 Å². The van der Waals surface area contributed by atoms with Crippen LogP contribution in [-0.4, -0.2) is 46.3 Å². The summed E-state index contributed by atoms with van der Waals surface area (Å²) in [4.78, 5) is 15.4. The van der Waals surface area contributed by atoms with Crippen molar-refractivity contribution in [1.82, 2.24) is 20.0 Å². The summed E-state index contributed by atoms with van der Waals surface area (Å²) in [6.07, 6.45) is 0. The highest BCUT2D eigenvalue weighted by atomic mass is 16.5. The zero-order chi connectivity index (χ0) is 20.5. The van der Waals surface area contributed by atoms with E-state index in [9.17, 15) is 4.79 Å². The van der Waals surface area contributed by atoms with Crippen LogP contribution in [0.1, 0.15) is 5.69 Å². The predicted octanol–water partition coefficient (Wildman–Crippen LogP) is 3.00. The maximum Gasteiger partial charge on any atom is 0.279 e. The number of morpholine rings is 1. The molecule has 0 saturated carbocycles. The van der Waals surface area contributed by atoms with Crippen LogP contribution in [0.2, 0.25) is 0 Å². The molecule has 2 aromatic carbocycles. The van der Waals surface area contributed by atoms with Gasteiger partial charge in [0.05, 0.1) is 24.3 Å². The molecule has 1 aliphatic heterocycles. The van der Waals surface area contributed by atoms with Crippen molar-refractivity contribution >= 4 is 28.1 Å². The number of nitrogens with one attached hydrogen (secondary N) is 2. The summed E-state index contributed by atoms with van der Waals surface area (Å²) in [6, 6.07) is 17.2. The Bertz CT molecular complexity index is 1240. The van der Waals surface area contributed by atoms with Gasteiger partial charge in [-0.2, -0.15) is 9.78 Å². The van der Waals surface area contributed by atoms with Crippen molar-refractivity contribution in [3.63, 3.8) is 0 Å². The third-order valence-corrected chi connectivity index (χ3v) is 5.23. The number of rotatable bonds is 4. The van der Waals surface area contributed by atoms with Gasteiger partial charge in [-0.1, -0.05) is 18.2 Å². The van der Waals surface area contributed by atoms with Gasteiger partial charge in [0.2, 0.25) is 0 Å². The Morgan fingerprint density at radius 3 is 2.40 bits per heavy atom. The molecule has 1 aliphatic rings. The van der Waals surface area contributed by atoms with Crippen LogP contribution >= 0.6 is 0 Å². The maximum atomic E-state index is 13.1. The fourth-order valence-corrected chi connectivity index (χ4v) is 3.69. The minimum atomic E-state index is -0.159. The van der Waals surface area contributed by atoms with Crippen LogP contribution < -0.4 is 15.8 Å². The zero-order valence-electron chi connectivity index (χ0n) is 16.6. The van der Waals surface area contributed by atoms with Crippen molar-refractivity contribution in [3.05, 3.63) is 70.6 Å². The van der Waals surface area contributed by atoms with Crippen LogP contribution in [0.25, 0.3) is 16.5 Å². The first kappa shape index (κ1) is 18.4. The van der Waals surface area contributed by atoms with Gasteiger partial charge in [0, 0.05) is 35.9 Å². The summed E-state index contributed by atoms with van der Waals surface area (Å²) in [5.41, 5.74) is 2.60. The molecule has 0 unspecified atom stereocenters. The van der Waals surface area contributed by atoms with Crippen molar-refractivity contribution in [1.29, 1.82) is 0 Å². The van der Waals surface area contributed by atoms with Crippen LogP contribution in [-0.2, 0) is 4.74 Å². The van der Waals surface area contributed by atoms with Crippen LogP contribution in [0.3, 0.4) is 0 Å². The van der Waals surface area contributed by atoms with Gasteiger partial charge in [-0.3, -0.25) is 9.89 Å². The molecule has 0 spiro atoms. The summed E-state index contributed by atoms with van der Waals surface area (Å²) in [5.74, 6) is 1.23. The van der Waals surface area contributed by atoms with Crippen LogP contribution in [0, 0.1) is 6.92 Å². The minimum absolute atomic E-state index is 0.159. The lowest BCUT2D eigenvalue weighted by Gasteiger charge is -2.28. The Morgan fingerprint density at radius 2 is 1.70 bits per heavy atom. The SMILES string of the molecule is Cc1cc(Nc2nn(-c3ccc(N4CCOCC4)cc3)c(=O)c3ccccc23)n[nH]1. The van der Waals surface area contributed by atoms with E-state index in [4.69, 9.17) is 4.74 Å². The highest BCUT2D eigenvalue weighted by Crippen LogP contribution is 2.23. The Kier molecular flexibility index (Phi) is 4.68. The predicted molar refractivity (Wildman–Crippen MR) is 117 cm³/mol. The van der Waals surface area contributed by atoms with Crippen LogP contribution in [0.5, 0.6) is 0 Å². The Labute approximate surface area is 173 Å². The molecule has 0 radical (unpaired) electrons. The lowest BCUT2D eigenvalue weighted by atomic mass is 10.2. The molecule has 1 saturated heterocycles. The van der Waals surface area contributed by atoms with Crippen molar-refractivity contribution < 1.29 is 4.74 Å². The number of aromatic nitrogens is 4. The first-order valence-electron chi connectivity index (χ1n) is 9.93.